The zero-order valence-electron chi connectivity index (χ0n) is 24.7. The lowest BCUT2D eigenvalue weighted by Crippen LogP contribution is -2.40. The molecular formula is C31H59NO5. The zero-order chi connectivity index (χ0) is 27.3. The first-order valence-electron chi connectivity index (χ1n) is 15.5. The summed E-state index contributed by atoms with van der Waals surface area (Å²) in [5, 5.41) is 9.77. The fraction of sp³-hybridized carbons (Fsp3) is 0.935. The van der Waals surface area contributed by atoms with Gasteiger partial charge in [-0.15, -0.1) is 0 Å². The smallest absolute Gasteiger partial charge is 0.305 e. The number of ether oxygens (including phenoxy) is 2. The summed E-state index contributed by atoms with van der Waals surface area (Å²) in [5.74, 6) is 1.21. The van der Waals surface area contributed by atoms with Crippen LogP contribution in [0.4, 0.5) is 0 Å². The fourth-order valence-electron chi connectivity index (χ4n) is 5.25. The fourth-order valence-corrected chi connectivity index (χ4v) is 5.25. The van der Waals surface area contributed by atoms with Crippen molar-refractivity contribution in [1.82, 2.24) is 4.90 Å². The van der Waals surface area contributed by atoms with Gasteiger partial charge in [0.2, 0.25) is 0 Å². The van der Waals surface area contributed by atoms with E-state index in [1.54, 1.807) is 0 Å². The molecule has 0 radical (unpaired) electrons. The van der Waals surface area contributed by atoms with E-state index in [9.17, 15) is 14.7 Å². The number of nitrogens with zero attached hydrogens (tertiary/aromatic N) is 1. The Morgan fingerprint density at radius 1 is 0.757 bits per heavy atom. The first-order valence-corrected chi connectivity index (χ1v) is 15.5. The van der Waals surface area contributed by atoms with Gasteiger partial charge in [-0.2, -0.15) is 0 Å². The third kappa shape index (κ3) is 18.7. The molecule has 0 aromatic carbocycles. The van der Waals surface area contributed by atoms with Crippen LogP contribution in [0.2, 0.25) is 0 Å². The predicted molar refractivity (Wildman–Crippen MR) is 151 cm³/mol. The first-order chi connectivity index (χ1) is 17.8. The Bertz CT molecular complexity index is 538. The molecule has 218 valence electrons. The van der Waals surface area contributed by atoms with Crippen molar-refractivity contribution in [1.29, 1.82) is 0 Å². The van der Waals surface area contributed by atoms with Gasteiger partial charge in [-0.25, -0.2) is 0 Å². The number of carbonyl (C=O) groups is 2. The molecule has 0 amide bonds. The molecule has 0 bridgehead atoms. The molecule has 0 spiro atoms. The van der Waals surface area contributed by atoms with Crippen LogP contribution in [0.15, 0.2) is 0 Å². The Morgan fingerprint density at radius 2 is 1.24 bits per heavy atom. The van der Waals surface area contributed by atoms with E-state index in [1.807, 2.05) is 0 Å². The number of hydrogen-bond donors (Lipinski definition) is 1. The highest BCUT2D eigenvalue weighted by Gasteiger charge is 2.23. The maximum atomic E-state index is 11.9. The average Bonchev–Trinajstić information content (AvgIpc) is 3.14. The van der Waals surface area contributed by atoms with Crippen LogP contribution >= 0.6 is 0 Å². The molecule has 6 heteroatoms. The third-order valence-electron chi connectivity index (χ3n) is 7.36. The summed E-state index contributed by atoms with van der Waals surface area (Å²) >= 11 is 0. The number of esters is 2. The van der Waals surface area contributed by atoms with E-state index in [0.29, 0.717) is 49.9 Å². The molecule has 1 saturated carbocycles. The van der Waals surface area contributed by atoms with Gasteiger partial charge in [-0.1, -0.05) is 79.1 Å². The standard InChI is InChI=1S/C31H59NO5/c1-26(2)24-36-30(34)19-13-7-9-15-28(16-10-8-14-20-31(35)37-25-27(3)4)23-32(21-22-33)29-17-11-5-6-12-18-29/h26-29,33H,5-25H2,1-4H3. The van der Waals surface area contributed by atoms with Gasteiger partial charge in [-0.05, 0) is 56.3 Å². The van der Waals surface area contributed by atoms with E-state index >= 15 is 0 Å². The van der Waals surface area contributed by atoms with Gasteiger partial charge in [0, 0.05) is 32.0 Å². The molecule has 0 aliphatic heterocycles. The zero-order valence-corrected chi connectivity index (χ0v) is 24.7. The number of aliphatic hydroxyl groups excluding tert-OH is 1. The number of unbranched alkanes of at least 4 members (excludes halogenated alkanes) is 4. The molecule has 6 nitrogen and oxygen atoms in total. The summed E-state index contributed by atoms with van der Waals surface area (Å²) in [5.41, 5.74) is 0. The van der Waals surface area contributed by atoms with Crippen LogP contribution in [-0.2, 0) is 19.1 Å². The van der Waals surface area contributed by atoms with Gasteiger partial charge in [0.25, 0.3) is 0 Å². The predicted octanol–water partition coefficient (Wildman–Crippen LogP) is 6.92. The number of rotatable bonds is 21. The maximum absolute atomic E-state index is 11.9. The molecule has 37 heavy (non-hydrogen) atoms. The molecule has 0 saturated heterocycles. The number of hydrogen-bond acceptors (Lipinski definition) is 6. The second-order valence-electron chi connectivity index (χ2n) is 12.1. The van der Waals surface area contributed by atoms with Crippen LogP contribution in [0.25, 0.3) is 0 Å². The quantitative estimate of drug-likeness (QED) is 0.0996. The van der Waals surface area contributed by atoms with E-state index in [1.165, 1.54) is 38.5 Å². The van der Waals surface area contributed by atoms with E-state index in [4.69, 9.17) is 9.47 Å². The van der Waals surface area contributed by atoms with E-state index in [2.05, 4.69) is 32.6 Å². The SMILES string of the molecule is CC(C)COC(=O)CCCCCC(CCCCCC(=O)OCC(C)C)CN(CCO)C1CCCCCC1. The van der Waals surface area contributed by atoms with Gasteiger partial charge < -0.3 is 14.6 Å². The van der Waals surface area contributed by atoms with E-state index in [0.717, 1.165) is 64.5 Å². The van der Waals surface area contributed by atoms with Crippen molar-refractivity contribution in [2.45, 2.75) is 136 Å². The molecule has 1 aliphatic carbocycles. The Balaban J connectivity index is 2.49. The monoisotopic (exact) mass is 525 g/mol. The van der Waals surface area contributed by atoms with Crippen molar-refractivity contribution < 1.29 is 24.2 Å². The molecule has 0 heterocycles. The summed E-state index contributed by atoms with van der Waals surface area (Å²) in [6, 6.07) is 0.601. The largest absolute Gasteiger partial charge is 0.465 e. The molecule has 0 atom stereocenters. The summed E-state index contributed by atoms with van der Waals surface area (Å²) in [7, 11) is 0. The first kappa shape index (κ1) is 33.9. The second-order valence-corrected chi connectivity index (χ2v) is 12.1. The van der Waals surface area contributed by atoms with E-state index in [-0.39, 0.29) is 18.5 Å². The van der Waals surface area contributed by atoms with Crippen LogP contribution in [0.3, 0.4) is 0 Å². The topological polar surface area (TPSA) is 76.1 Å². The van der Waals surface area contributed by atoms with Gasteiger partial charge in [0.15, 0.2) is 0 Å². The highest BCUT2D eigenvalue weighted by atomic mass is 16.5. The lowest BCUT2D eigenvalue weighted by atomic mass is 9.92. The Hall–Kier alpha value is -1.14. The molecule has 1 fully saturated rings. The van der Waals surface area contributed by atoms with Gasteiger partial charge in [0.1, 0.15) is 0 Å². The molecule has 1 rings (SSSR count). The Labute approximate surface area is 228 Å². The minimum Gasteiger partial charge on any atom is -0.465 e. The molecule has 0 aromatic rings. The minimum absolute atomic E-state index is 0.0698. The van der Waals surface area contributed by atoms with Crippen LogP contribution in [0.5, 0.6) is 0 Å². The lowest BCUT2D eigenvalue weighted by molar-refractivity contribution is -0.145. The highest BCUT2D eigenvalue weighted by Crippen LogP contribution is 2.26. The normalized spacial score (nSPS) is 15.1. The second kappa shape index (κ2) is 21.8. The third-order valence-corrected chi connectivity index (χ3v) is 7.36. The van der Waals surface area contributed by atoms with Crippen molar-refractivity contribution in [3.63, 3.8) is 0 Å². The van der Waals surface area contributed by atoms with Crippen LogP contribution in [-0.4, -0.2) is 60.9 Å². The van der Waals surface area contributed by atoms with Crippen molar-refractivity contribution >= 4 is 11.9 Å². The van der Waals surface area contributed by atoms with Crippen molar-refractivity contribution in [3.8, 4) is 0 Å². The summed E-state index contributed by atoms with van der Waals surface area (Å²) in [4.78, 5) is 26.4. The Kier molecular flexibility index (Phi) is 19.9. The number of aliphatic hydroxyl groups is 1. The minimum atomic E-state index is -0.0698. The summed E-state index contributed by atoms with van der Waals surface area (Å²) in [6.07, 6.45) is 17.3. The number of carbonyl (C=O) groups excluding carboxylic acids is 2. The van der Waals surface area contributed by atoms with Gasteiger partial charge >= 0.3 is 11.9 Å². The van der Waals surface area contributed by atoms with Crippen molar-refractivity contribution in [3.05, 3.63) is 0 Å². The molecule has 0 unspecified atom stereocenters. The van der Waals surface area contributed by atoms with Crippen molar-refractivity contribution in [2.75, 3.05) is 32.9 Å². The average molecular weight is 526 g/mol. The summed E-state index contributed by atoms with van der Waals surface area (Å²) in [6.45, 7) is 11.3. The van der Waals surface area contributed by atoms with Crippen molar-refractivity contribution in [2.24, 2.45) is 17.8 Å². The van der Waals surface area contributed by atoms with E-state index < -0.39 is 0 Å². The van der Waals surface area contributed by atoms with Gasteiger partial charge in [-0.3, -0.25) is 14.5 Å². The molecule has 0 aromatic heterocycles. The maximum Gasteiger partial charge on any atom is 0.305 e. The molecule has 1 N–H and O–H groups in total. The van der Waals surface area contributed by atoms with Crippen LogP contribution in [0, 0.1) is 17.8 Å². The highest BCUT2D eigenvalue weighted by molar-refractivity contribution is 5.69. The lowest BCUT2D eigenvalue weighted by Gasteiger charge is -2.34. The summed E-state index contributed by atoms with van der Waals surface area (Å²) < 4.78 is 10.6. The Morgan fingerprint density at radius 3 is 1.68 bits per heavy atom. The molecule has 1 aliphatic rings. The van der Waals surface area contributed by atoms with Gasteiger partial charge in [0.05, 0.1) is 19.8 Å². The van der Waals surface area contributed by atoms with Crippen LogP contribution in [0.1, 0.15) is 130 Å². The van der Waals surface area contributed by atoms with Crippen LogP contribution < -0.4 is 0 Å². The molecular weight excluding hydrogens is 466 g/mol.